The minimum absolute atomic E-state index is 0.813. The Labute approximate surface area is 116 Å². The van der Waals surface area contributed by atoms with Crippen molar-refractivity contribution >= 4 is 28.4 Å². The lowest BCUT2D eigenvalue weighted by Crippen LogP contribution is -1.85. The molecule has 94 valence electrons. The van der Waals surface area contributed by atoms with E-state index in [2.05, 4.69) is 35.3 Å². The minimum atomic E-state index is 0.813. The molecular formula is C16H14N2S. The van der Waals surface area contributed by atoms with Crippen molar-refractivity contribution < 1.29 is 0 Å². The van der Waals surface area contributed by atoms with E-state index in [9.17, 15) is 0 Å². The van der Waals surface area contributed by atoms with Crippen LogP contribution in [0.25, 0.3) is 10.9 Å². The van der Waals surface area contributed by atoms with Crippen LogP contribution in [0.4, 0.5) is 5.69 Å². The summed E-state index contributed by atoms with van der Waals surface area (Å²) in [5, 5.41) is 1.19. The third-order valence-electron chi connectivity index (χ3n) is 2.93. The molecule has 2 nitrogen and oxygen atoms in total. The Hall–Kier alpha value is -2.00. The predicted molar refractivity (Wildman–Crippen MR) is 82.2 cm³/mol. The minimum Gasteiger partial charge on any atom is -0.399 e. The van der Waals surface area contributed by atoms with Crippen molar-refractivity contribution in [2.75, 3.05) is 5.73 Å². The Kier molecular flexibility index (Phi) is 3.38. The summed E-state index contributed by atoms with van der Waals surface area (Å²) < 4.78 is 0. The van der Waals surface area contributed by atoms with E-state index in [1.807, 2.05) is 30.5 Å². The molecule has 0 aliphatic rings. The fourth-order valence-corrected chi connectivity index (χ4v) is 2.89. The van der Waals surface area contributed by atoms with Crippen LogP contribution in [-0.4, -0.2) is 4.98 Å². The Morgan fingerprint density at radius 1 is 1.00 bits per heavy atom. The third kappa shape index (κ3) is 2.88. The first kappa shape index (κ1) is 12.1. The van der Waals surface area contributed by atoms with Gasteiger partial charge in [-0.25, -0.2) is 0 Å². The van der Waals surface area contributed by atoms with Crippen LogP contribution in [0, 0.1) is 0 Å². The first-order chi connectivity index (χ1) is 9.31. The van der Waals surface area contributed by atoms with Gasteiger partial charge in [-0.05, 0) is 42.0 Å². The number of rotatable bonds is 3. The zero-order valence-electron chi connectivity index (χ0n) is 10.4. The first-order valence-corrected chi connectivity index (χ1v) is 7.12. The van der Waals surface area contributed by atoms with E-state index in [0.29, 0.717) is 0 Å². The zero-order chi connectivity index (χ0) is 13.1. The largest absolute Gasteiger partial charge is 0.399 e. The lowest BCUT2D eigenvalue weighted by molar-refractivity contribution is 1.37. The van der Waals surface area contributed by atoms with Crippen LogP contribution in [0.15, 0.2) is 65.7 Å². The van der Waals surface area contributed by atoms with Crippen molar-refractivity contribution in [3.05, 3.63) is 66.4 Å². The number of anilines is 1. The maximum atomic E-state index is 5.78. The number of fused-ring (bicyclic) bond motifs is 1. The van der Waals surface area contributed by atoms with Crippen molar-refractivity contribution in [2.45, 2.75) is 10.6 Å². The van der Waals surface area contributed by atoms with Gasteiger partial charge < -0.3 is 5.73 Å². The van der Waals surface area contributed by atoms with Crippen LogP contribution in [-0.2, 0) is 5.75 Å². The molecule has 19 heavy (non-hydrogen) atoms. The number of hydrogen-bond acceptors (Lipinski definition) is 3. The predicted octanol–water partition coefficient (Wildman–Crippen LogP) is 4.11. The number of benzene rings is 2. The van der Waals surface area contributed by atoms with Crippen molar-refractivity contribution in [3.8, 4) is 0 Å². The second-order valence-corrected chi connectivity index (χ2v) is 5.44. The summed E-state index contributed by atoms with van der Waals surface area (Å²) in [4.78, 5) is 5.53. The van der Waals surface area contributed by atoms with E-state index in [1.165, 1.54) is 15.8 Å². The summed E-state index contributed by atoms with van der Waals surface area (Å²) in [6.45, 7) is 0. The van der Waals surface area contributed by atoms with Gasteiger partial charge in [0.2, 0.25) is 0 Å². The number of nitrogens with two attached hydrogens (primary N) is 1. The average Bonchev–Trinajstić information content (AvgIpc) is 2.45. The van der Waals surface area contributed by atoms with Crippen LogP contribution < -0.4 is 5.73 Å². The molecule has 2 N–H and O–H groups in total. The highest BCUT2D eigenvalue weighted by Gasteiger charge is 1.99. The summed E-state index contributed by atoms with van der Waals surface area (Å²) in [6, 6.07) is 18.5. The normalized spacial score (nSPS) is 10.7. The molecule has 3 aromatic rings. The van der Waals surface area contributed by atoms with Crippen molar-refractivity contribution in [1.82, 2.24) is 4.98 Å². The number of nitrogen functional groups attached to an aromatic ring is 1. The summed E-state index contributed by atoms with van der Waals surface area (Å²) in [5.74, 6) is 0.939. The lowest BCUT2D eigenvalue weighted by Gasteiger charge is -2.04. The van der Waals surface area contributed by atoms with Crippen LogP contribution in [0.3, 0.4) is 0 Å². The Morgan fingerprint density at radius 3 is 2.84 bits per heavy atom. The molecule has 0 bridgehead atoms. The van der Waals surface area contributed by atoms with Gasteiger partial charge in [-0.2, -0.15) is 0 Å². The molecular weight excluding hydrogens is 252 g/mol. The van der Waals surface area contributed by atoms with Crippen LogP contribution in [0.5, 0.6) is 0 Å². The fraction of sp³-hybridized carbons (Fsp3) is 0.0625. The van der Waals surface area contributed by atoms with Crippen LogP contribution in [0.2, 0.25) is 0 Å². The van der Waals surface area contributed by atoms with Gasteiger partial charge in [0, 0.05) is 27.9 Å². The van der Waals surface area contributed by atoms with Crippen molar-refractivity contribution in [1.29, 1.82) is 0 Å². The van der Waals surface area contributed by atoms with Crippen LogP contribution in [0.1, 0.15) is 5.56 Å². The molecule has 3 rings (SSSR count). The lowest BCUT2D eigenvalue weighted by atomic mass is 10.1. The molecule has 1 aromatic heterocycles. The van der Waals surface area contributed by atoms with E-state index in [-0.39, 0.29) is 0 Å². The van der Waals surface area contributed by atoms with Gasteiger partial charge in [-0.3, -0.25) is 4.98 Å². The molecule has 0 spiro atoms. The average molecular weight is 266 g/mol. The first-order valence-electron chi connectivity index (χ1n) is 6.13. The smallest absolute Gasteiger partial charge is 0.0702 e. The summed E-state index contributed by atoms with van der Waals surface area (Å²) in [5.41, 5.74) is 8.93. The summed E-state index contributed by atoms with van der Waals surface area (Å²) >= 11 is 1.80. The molecule has 0 aliphatic carbocycles. The molecule has 0 aliphatic heterocycles. The molecule has 2 aromatic carbocycles. The number of nitrogens with zero attached hydrogens (tertiary/aromatic N) is 1. The molecule has 0 fully saturated rings. The molecule has 3 heteroatoms. The van der Waals surface area contributed by atoms with Gasteiger partial charge in [-0.15, -0.1) is 11.8 Å². The maximum absolute atomic E-state index is 5.78. The third-order valence-corrected chi connectivity index (χ3v) is 4.00. The Morgan fingerprint density at radius 2 is 1.95 bits per heavy atom. The number of thioether (sulfide) groups is 1. The highest BCUT2D eigenvalue weighted by Crippen LogP contribution is 2.25. The van der Waals surface area contributed by atoms with E-state index >= 15 is 0 Å². The van der Waals surface area contributed by atoms with Gasteiger partial charge in [0.25, 0.3) is 0 Å². The highest BCUT2D eigenvalue weighted by molar-refractivity contribution is 7.98. The van der Waals surface area contributed by atoms with Crippen LogP contribution >= 0.6 is 11.8 Å². The molecule has 0 atom stereocenters. The van der Waals surface area contributed by atoms with Gasteiger partial charge in [0.15, 0.2) is 0 Å². The van der Waals surface area contributed by atoms with Gasteiger partial charge >= 0.3 is 0 Å². The SMILES string of the molecule is Nc1cccc(SCc2ccc3ncccc3c2)c1. The fourth-order valence-electron chi connectivity index (χ4n) is 1.99. The van der Waals surface area contributed by atoms with Gasteiger partial charge in [0.05, 0.1) is 5.52 Å². The van der Waals surface area contributed by atoms with E-state index in [4.69, 9.17) is 5.73 Å². The van der Waals surface area contributed by atoms with Crippen molar-refractivity contribution in [3.63, 3.8) is 0 Å². The highest BCUT2D eigenvalue weighted by atomic mass is 32.2. The molecule has 0 unspecified atom stereocenters. The van der Waals surface area contributed by atoms with Gasteiger partial charge in [0.1, 0.15) is 0 Å². The van der Waals surface area contributed by atoms with E-state index < -0.39 is 0 Å². The van der Waals surface area contributed by atoms with Gasteiger partial charge in [-0.1, -0.05) is 18.2 Å². The van der Waals surface area contributed by atoms with Crippen molar-refractivity contribution in [2.24, 2.45) is 0 Å². The maximum Gasteiger partial charge on any atom is 0.0702 e. The number of pyridine rings is 1. The summed E-state index contributed by atoms with van der Waals surface area (Å²) in [7, 11) is 0. The Balaban J connectivity index is 1.78. The topological polar surface area (TPSA) is 38.9 Å². The van der Waals surface area contributed by atoms with E-state index in [0.717, 1.165) is 17.0 Å². The molecule has 1 heterocycles. The molecule has 0 saturated heterocycles. The standard InChI is InChI=1S/C16H14N2S/c17-14-4-1-5-15(10-14)19-11-12-6-7-16-13(9-12)3-2-8-18-16/h1-10H,11,17H2. The molecule has 0 amide bonds. The quantitative estimate of drug-likeness (QED) is 0.573. The molecule has 0 radical (unpaired) electrons. The second-order valence-electron chi connectivity index (χ2n) is 4.39. The summed E-state index contributed by atoms with van der Waals surface area (Å²) in [6.07, 6.45) is 1.82. The monoisotopic (exact) mass is 266 g/mol. The number of aromatic nitrogens is 1. The number of hydrogen-bond donors (Lipinski definition) is 1. The van der Waals surface area contributed by atoms with E-state index in [1.54, 1.807) is 11.8 Å². The Bertz CT molecular complexity index is 710. The zero-order valence-corrected chi connectivity index (χ0v) is 11.2. The molecule has 0 saturated carbocycles. The second kappa shape index (κ2) is 5.33.